The van der Waals surface area contributed by atoms with Gasteiger partial charge in [-0.2, -0.15) is 0 Å². The molecule has 3 N–H and O–H groups in total. The van der Waals surface area contributed by atoms with Crippen LogP contribution < -0.4 is 11.1 Å². The van der Waals surface area contributed by atoms with Gasteiger partial charge in [0, 0.05) is 12.2 Å². The van der Waals surface area contributed by atoms with Crippen molar-refractivity contribution in [1.82, 2.24) is 4.90 Å². The Hall–Kier alpha value is -1.39. The largest absolute Gasteiger partial charge is 0.324 e. The highest BCUT2D eigenvalue weighted by molar-refractivity contribution is 5.98. The fraction of sp³-hybridized carbons (Fsp3) is 0.588. The Morgan fingerprint density at radius 2 is 1.95 bits per heavy atom. The monoisotopic (exact) mass is 289 g/mol. The second-order valence-corrected chi connectivity index (χ2v) is 6.56. The van der Waals surface area contributed by atoms with Crippen LogP contribution in [0.15, 0.2) is 18.2 Å². The van der Waals surface area contributed by atoms with Crippen molar-refractivity contribution >= 4 is 11.6 Å². The molecule has 0 atom stereocenters. The molecular weight excluding hydrogens is 262 g/mol. The van der Waals surface area contributed by atoms with Gasteiger partial charge in [-0.1, -0.05) is 31.4 Å². The summed E-state index contributed by atoms with van der Waals surface area (Å²) in [5.74, 6) is -0.0349. The SMILES string of the molecule is Cc1ccc(CN(C)C)cc1NC(=O)C1(N)CCCCC1. The molecule has 0 saturated heterocycles. The number of aryl methyl sites for hydroxylation is 1. The lowest BCUT2D eigenvalue weighted by Crippen LogP contribution is -2.52. The van der Waals surface area contributed by atoms with Crippen LogP contribution in [0.25, 0.3) is 0 Å². The Morgan fingerprint density at radius 3 is 2.57 bits per heavy atom. The lowest BCUT2D eigenvalue weighted by atomic mass is 9.82. The normalized spacial score (nSPS) is 17.8. The van der Waals surface area contributed by atoms with E-state index in [0.29, 0.717) is 0 Å². The van der Waals surface area contributed by atoms with E-state index in [9.17, 15) is 4.79 Å². The van der Waals surface area contributed by atoms with E-state index in [1.165, 1.54) is 12.0 Å². The summed E-state index contributed by atoms with van der Waals surface area (Å²) in [7, 11) is 4.07. The average Bonchev–Trinajstić information content (AvgIpc) is 2.42. The van der Waals surface area contributed by atoms with Gasteiger partial charge in [0.1, 0.15) is 0 Å². The zero-order valence-electron chi connectivity index (χ0n) is 13.4. The third kappa shape index (κ3) is 4.05. The summed E-state index contributed by atoms with van der Waals surface area (Å²) in [5, 5.41) is 3.05. The van der Waals surface area contributed by atoms with Crippen LogP contribution >= 0.6 is 0 Å². The lowest BCUT2D eigenvalue weighted by Gasteiger charge is -2.32. The summed E-state index contributed by atoms with van der Waals surface area (Å²) in [6.45, 7) is 2.87. The summed E-state index contributed by atoms with van der Waals surface area (Å²) in [6, 6.07) is 6.21. The Labute approximate surface area is 127 Å². The molecule has 1 aromatic carbocycles. The number of amides is 1. The third-order valence-electron chi connectivity index (χ3n) is 4.25. The molecule has 0 aromatic heterocycles. The van der Waals surface area contributed by atoms with Gasteiger partial charge < -0.3 is 16.0 Å². The van der Waals surface area contributed by atoms with Crippen LogP contribution in [0.3, 0.4) is 0 Å². The molecule has 116 valence electrons. The molecule has 0 aliphatic heterocycles. The molecule has 1 aliphatic rings. The summed E-state index contributed by atoms with van der Waals surface area (Å²) in [4.78, 5) is 14.6. The number of carbonyl (C=O) groups excluding carboxylic acids is 1. The van der Waals surface area contributed by atoms with Gasteiger partial charge in [-0.25, -0.2) is 0 Å². The van der Waals surface area contributed by atoms with Gasteiger partial charge in [0.2, 0.25) is 5.91 Å². The standard InChI is InChI=1S/C17H27N3O/c1-13-7-8-14(12-20(2)3)11-15(13)19-16(21)17(18)9-5-4-6-10-17/h7-8,11H,4-6,9-10,12,18H2,1-3H3,(H,19,21). The van der Waals surface area contributed by atoms with Crippen molar-refractivity contribution in [3.8, 4) is 0 Å². The molecule has 1 fully saturated rings. The van der Waals surface area contributed by atoms with Crippen molar-refractivity contribution in [3.05, 3.63) is 29.3 Å². The van der Waals surface area contributed by atoms with E-state index in [1.807, 2.05) is 21.0 Å². The molecule has 4 heteroatoms. The average molecular weight is 289 g/mol. The van der Waals surface area contributed by atoms with Crippen LogP contribution in [-0.2, 0) is 11.3 Å². The number of hydrogen-bond acceptors (Lipinski definition) is 3. The lowest BCUT2D eigenvalue weighted by molar-refractivity contribution is -0.122. The first-order valence-electron chi connectivity index (χ1n) is 7.75. The molecule has 0 unspecified atom stereocenters. The van der Waals surface area contributed by atoms with Gasteiger partial charge in [-0.05, 0) is 51.1 Å². The van der Waals surface area contributed by atoms with Gasteiger partial charge >= 0.3 is 0 Å². The maximum atomic E-state index is 12.5. The molecule has 1 amide bonds. The minimum absolute atomic E-state index is 0.0349. The van der Waals surface area contributed by atoms with Gasteiger partial charge in [-0.15, -0.1) is 0 Å². The zero-order valence-corrected chi connectivity index (χ0v) is 13.4. The molecule has 0 spiro atoms. The van der Waals surface area contributed by atoms with Crippen molar-refractivity contribution in [2.75, 3.05) is 19.4 Å². The number of nitrogens with zero attached hydrogens (tertiary/aromatic N) is 1. The quantitative estimate of drug-likeness (QED) is 0.896. The Bertz CT molecular complexity index is 505. The van der Waals surface area contributed by atoms with Crippen LogP contribution in [0.4, 0.5) is 5.69 Å². The van der Waals surface area contributed by atoms with E-state index in [0.717, 1.165) is 43.5 Å². The predicted molar refractivity (Wildman–Crippen MR) is 87.2 cm³/mol. The molecular formula is C17H27N3O. The first kappa shape index (κ1) is 16.0. The second-order valence-electron chi connectivity index (χ2n) is 6.56. The smallest absolute Gasteiger partial charge is 0.244 e. The van der Waals surface area contributed by atoms with Crippen molar-refractivity contribution in [3.63, 3.8) is 0 Å². The summed E-state index contributed by atoms with van der Waals surface area (Å²) < 4.78 is 0. The maximum absolute atomic E-state index is 12.5. The van der Waals surface area contributed by atoms with Gasteiger partial charge in [0.25, 0.3) is 0 Å². The predicted octanol–water partition coefficient (Wildman–Crippen LogP) is 2.66. The van der Waals surface area contributed by atoms with Crippen LogP contribution in [0.1, 0.15) is 43.2 Å². The van der Waals surface area contributed by atoms with Crippen LogP contribution in [0.2, 0.25) is 0 Å². The van der Waals surface area contributed by atoms with Crippen molar-refractivity contribution < 1.29 is 4.79 Å². The third-order valence-corrected chi connectivity index (χ3v) is 4.25. The number of rotatable bonds is 4. The number of nitrogens with one attached hydrogen (secondary N) is 1. The highest BCUT2D eigenvalue weighted by atomic mass is 16.2. The topological polar surface area (TPSA) is 58.4 Å². The van der Waals surface area contributed by atoms with E-state index < -0.39 is 5.54 Å². The van der Waals surface area contributed by atoms with Gasteiger partial charge in [0.05, 0.1) is 5.54 Å². The number of anilines is 1. The van der Waals surface area contributed by atoms with E-state index in [4.69, 9.17) is 5.73 Å². The van der Waals surface area contributed by atoms with E-state index >= 15 is 0 Å². The Morgan fingerprint density at radius 1 is 1.29 bits per heavy atom. The van der Waals surface area contributed by atoms with Crippen molar-refractivity contribution in [2.45, 2.75) is 51.1 Å². The Balaban J connectivity index is 2.12. The molecule has 1 saturated carbocycles. The van der Waals surface area contributed by atoms with Gasteiger partial charge in [-0.3, -0.25) is 4.79 Å². The van der Waals surface area contributed by atoms with Crippen molar-refractivity contribution in [2.24, 2.45) is 5.73 Å². The Kier molecular flexibility index (Phi) is 5.01. The van der Waals surface area contributed by atoms with Crippen molar-refractivity contribution in [1.29, 1.82) is 0 Å². The van der Waals surface area contributed by atoms with E-state index in [2.05, 4.69) is 28.4 Å². The van der Waals surface area contributed by atoms with Crippen LogP contribution in [-0.4, -0.2) is 30.4 Å². The minimum Gasteiger partial charge on any atom is -0.324 e. The molecule has 2 rings (SSSR count). The molecule has 0 heterocycles. The fourth-order valence-electron chi connectivity index (χ4n) is 2.92. The second kappa shape index (κ2) is 6.58. The molecule has 4 nitrogen and oxygen atoms in total. The molecule has 21 heavy (non-hydrogen) atoms. The number of nitrogens with two attached hydrogens (primary N) is 1. The highest BCUT2D eigenvalue weighted by Gasteiger charge is 2.35. The maximum Gasteiger partial charge on any atom is 0.244 e. The van der Waals surface area contributed by atoms with E-state index in [-0.39, 0.29) is 5.91 Å². The number of benzene rings is 1. The summed E-state index contributed by atoms with van der Waals surface area (Å²) in [5.41, 5.74) is 8.76. The number of hydrogen-bond donors (Lipinski definition) is 2. The molecule has 1 aliphatic carbocycles. The number of carbonyl (C=O) groups is 1. The fourth-order valence-corrected chi connectivity index (χ4v) is 2.92. The first-order chi connectivity index (χ1) is 9.90. The molecule has 1 aromatic rings. The molecule has 0 radical (unpaired) electrons. The molecule has 0 bridgehead atoms. The van der Waals surface area contributed by atoms with Gasteiger partial charge in [0.15, 0.2) is 0 Å². The van der Waals surface area contributed by atoms with Crippen LogP contribution in [0, 0.1) is 6.92 Å². The summed E-state index contributed by atoms with van der Waals surface area (Å²) in [6.07, 6.45) is 4.85. The highest BCUT2D eigenvalue weighted by Crippen LogP contribution is 2.28. The summed E-state index contributed by atoms with van der Waals surface area (Å²) >= 11 is 0. The van der Waals surface area contributed by atoms with Crippen LogP contribution in [0.5, 0.6) is 0 Å². The zero-order chi connectivity index (χ0) is 15.5. The minimum atomic E-state index is -0.692. The first-order valence-corrected chi connectivity index (χ1v) is 7.75. The van der Waals surface area contributed by atoms with E-state index in [1.54, 1.807) is 0 Å².